The van der Waals surface area contributed by atoms with Gasteiger partial charge in [-0.2, -0.15) is 0 Å². The molecule has 1 nitrogen and oxygen atoms in total. The fourth-order valence-electron chi connectivity index (χ4n) is 10.1. The molecule has 0 saturated carbocycles. The first-order chi connectivity index (χ1) is 30.3. The van der Waals surface area contributed by atoms with Crippen LogP contribution in [0.3, 0.4) is 0 Å². The third kappa shape index (κ3) is 5.53. The second kappa shape index (κ2) is 14.3. The van der Waals surface area contributed by atoms with Crippen molar-refractivity contribution < 1.29 is 0 Å². The van der Waals surface area contributed by atoms with Crippen molar-refractivity contribution in [3.05, 3.63) is 259 Å². The first-order valence-corrected chi connectivity index (χ1v) is 21.8. The highest BCUT2D eigenvalue weighted by Crippen LogP contribution is 2.58. The van der Waals surface area contributed by atoms with Crippen molar-refractivity contribution in [1.82, 2.24) is 0 Å². The predicted octanol–water partition coefficient (Wildman–Crippen LogP) is 16.4. The van der Waals surface area contributed by atoms with E-state index in [-0.39, 0.29) is 0 Å². The summed E-state index contributed by atoms with van der Waals surface area (Å²) < 4.78 is 2.55. The van der Waals surface area contributed by atoms with Gasteiger partial charge in [-0.15, -0.1) is 11.3 Å². The van der Waals surface area contributed by atoms with Crippen molar-refractivity contribution in [2.24, 2.45) is 0 Å². The van der Waals surface area contributed by atoms with Crippen LogP contribution in [0.2, 0.25) is 0 Å². The molecular formula is C59H39NS. The van der Waals surface area contributed by atoms with E-state index in [1.807, 2.05) is 11.3 Å². The standard InChI is InChI=1S/C59H39NS/c1-4-18-41(19-5-1)48-36-34-42(47-29-16-21-40-20-10-11-26-46(40)47)38-56(48)60(55-32-17-30-52-51-28-13-15-33-57(51)61-58(52)55)45-35-37-50-49-27-12-14-31-53(49)59(54(50)39-45,43-22-6-2-7-23-43)44-24-8-3-9-25-44/h1-39H. The molecule has 0 aliphatic heterocycles. The summed E-state index contributed by atoms with van der Waals surface area (Å²) in [7, 11) is 0. The summed E-state index contributed by atoms with van der Waals surface area (Å²) in [6.45, 7) is 0. The average Bonchev–Trinajstić information content (AvgIpc) is 3.87. The molecule has 1 heterocycles. The molecule has 0 amide bonds. The van der Waals surface area contributed by atoms with Crippen molar-refractivity contribution in [2.45, 2.75) is 5.41 Å². The van der Waals surface area contributed by atoms with Crippen LogP contribution in [0, 0.1) is 0 Å². The quantitative estimate of drug-likeness (QED) is 0.155. The number of fused-ring (bicyclic) bond motifs is 7. The number of benzene rings is 10. The molecular weight excluding hydrogens is 755 g/mol. The Kier molecular flexibility index (Phi) is 8.33. The Morgan fingerprint density at radius 1 is 0.344 bits per heavy atom. The lowest BCUT2D eigenvalue weighted by Crippen LogP contribution is -2.28. The Morgan fingerprint density at radius 2 is 0.934 bits per heavy atom. The lowest BCUT2D eigenvalue weighted by molar-refractivity contribution is 0.768. The molecule has 0 fully saturated rings. The van der Waals surface area contributed by atoms with E-state index in [1.165, 1.54) is 86.6 Å². The van der Waals surface area contributed by atoms with Crippen LogP contribution >= 0.6 is 11.3 Å². The summed E-state index contributed by atoms with van der Waals surface area (Å²) in [5.74, 6) is 0. The lowest BCUT2D eigenvalue weighted by Gasteiger charge is -2.35. The fourth-order valence-corrected chi connectivity index (χ4v) is 11.3. The zero-order valence-corrected chi connectivity index (χ0v) is 34.2. The molecule has 11 aromatic rings. The number of nitrogens with zero attached hydrogens (tertiary/aromatic N) is 1. The topological polar surface area (TPSA) is 3.24 Å². The number of thiophene rings is 1. The van der Waals surface area contributed by atoms with Gasteiger partial charge < -0.3 is 4.90 Å². The van der Waals surface area contributed by atoms with Crippen molar-refractivity contribution in [2.75, 3.05) is 4.90 Å². The molecule has 0 bridgehead atoms. The van der Waals surface area contributed by atoms with Gasteiger partial charge in [0.2, 0.25) is 0 Å². The van der Waals surface area contributed by atoms with Crippen molar-refractivity contribution in [3.63, 3.8) is 0 Å². The van der Waals surface area contributed by atoms with Crippen LogP contribution in [0.5, 0.6) is 0 Å². The van der Waals surface area contributed by atoms with Crippen LogP contribution in [-0.4, -0.2) is 0 Å². The van der Waals surface area contributed by atoms with Crippen LogP contribution in [-0.2, 0) is 5.41 Å². The molecule has 0 radical (unpaired) electrons. The third-order valence-electron chi connectivity index (χ3n) is 12.7. The maximum Gasteiger partial charge on any atom is 0.0714 e. The summed E-state index contributed by atoms with van der Waals surface area (Å²) >= 11 is 1.88. The molecule has 1 aromatic heterocycles. The van der Waals surface area contributed by atoms with Crippen LogP contribution in [0.15, 0.2) is 237 Å². The number of anilines is 3. The van der Waals surface area contributed by atoms with Gasteiger partial charge in [-0.1, -0.05) is 206 Å². The smallest absolute Gasteiger partial charge is 0.0714 e. The Bertz CT molecular complexity index is 3380. The Morgan fingerprint density at radius 3 is 1.74 bits per heavy atom. The minimum Gasteiger partial charge on any atom is -0.308 e. The van der Waals surface area contributed by atoms with Crippen LogP contribution in [0.4, 0.5) is 17.1 Å². The molecule has 10 aromatic carbocycles. The minimum atomic E-state index is -0.535. The van der Waals surface area contributed by atoms with E-state index in [0.717, 1.165) is 17.1 Å². The van der Waals surface area contributed by atoms with Gasteiger partial charge in [0, 0.05) is 26.7 Å². The highest BCUT2D eigenvalue weighted by molar-refractivity contribution is 7.26. The van der Waals surface area contributed by atoms with Crippen molar-refractivity contribution in [1.29, 1.82) is 0 Å². The summed E-state index contributed by atoms with van der Waals surface area (Å²) in [5, 5.41) is 5.03. The number of hydrogen-bond acceptors (Lipinski definition) is 2. The molecule has 12 rings (SSSR count). The van der Waals surface area contributed by atoms with Crippen LogP contribution < -0.4 is 4.90 Å². The largest absolute Gasteiger partial charge is 0.308 e. The van der Waals surface area contributed by atoms with Crippen molar-refractivity contribution >= 4 is 59.3 Å². The van der Waals surface area contributed by atoms with Crippen LogP contribution in [0.1, 0.15) is 22.3 Å². The summed E-state index contributed by atoms with van der Waals surface area (Å²) in [5.41, 5.74) is 15.2. The van der Waals surface area contributed by atoms with Gasteiger partial charge in [0.25, 0.3) is 0 Å². The van der Waals surface area contributed by atoms with E-state index in [9.17, 15) is 0 Å². The van der Waals surface area contributed by atoms with Crippen LogP contribution in [0.25, 0.3) is 64.3 Å². The average molecular weight is 794 g/mol. The summed E-state index contributed by atoms with van der Waals surface area (Å²) in [4.78, 5) is 2.55. The first kappa shape index (κ1) is 35.4. The Hall–Kier alpha value is -7.52. The molecule has 286 valence electrons. The first-order valence-electron chi connectivity index (χ1n) is 21.0. The van der Waals surface area contributed by atoms with Gasteiger partial charge in [0.05, 0.1) is 21.5 Å². The molecule has 0 unspecified atom stereocenters. The molecule has 0 atom stereocenters. The monoisotopic (exact) mass is 793 g/mol. The van der Waals surface area contributed by atoms with E-state index < -0.39 is 5.41 Å². The second-order valence-electron chi connectivity index (χ2n) is 16.0. The molecule has 1 aliphatic carbocycles. The Labute approximate surface area is 360 Å². The van der Waals surface area contributed by atoms with E-state index in [0.29, 0.717) is 0 Å². The van der Waals surface area contributed by atoms with E-state index in [4.69, 9.17) is 0 Å². The van der Waals surface area contributed by atoms with Gasteiger partial charge in [0.15, 0.2) is 0 Å². The van der Waals surface area contributed by atoms with Gasteiger partial charge in [0.1, 0.15) is 0 Å². The molecule has 0 N–H and O–H groups in total. The molecule has 0 saturated heterocycles. The van der Waals surface area contributed by atoms with E-state index in [1.54, 1.807) is 0 Å². The van der Waals surface area contributed by atoms with Gasteiger partial charge in [-0.25, -0.2) is 0 Å². The third-order valence-corrected chi connectivity index (χ3v) is 14.0. The normalized spacial score (nSPS) is 12.7. The number of hydrogen-bond donors (Lipinski definition) is 0. The zero-order valence-electron chi connectivity index (χ0n) is 33.4. The zero-order chi connectivity index (χ0) is 40.3. The molecule has 61 heavy (non-hydrogen) atoms. The predicted molar refractivity (Wildman–Crippen MR) is 260 cm³/mol. The van der Waals surface area contributed by atoms with Gasteiger partial charge in [-0.05, 0) is 91.2 Å². The maximum atomic E-state index is 2.55. The highest BCUT2D eigenvalue weighted by atomic mass is 32.1. The number of rotatable bonds is 7. The van der Waals surface area contributed by atoms with Gasteiger partial charge >= 0.3 is 0 Å². The molecule has 0 spiro atoms. The molecule has 2 heteroatoms. The molecule has 1 aliphatic rings. The summed E-state index contributed by atoms with van der Waals surface area (Å²) in [6.07, 6.45) is 0. The fraction of sp³-hybridized carbons (Fsp3) is 0.0169. The SMILES string of the molecule is c1ccc(-c2ccc(-c3cccc4ccccc34)cc2N(c2ccc3c(c2)C(c2ccccc2)(c2ccccc2)c2ccccc2-3)c2cccc3c2sc2ccccc23)cc1. The lowest BCUT2D eigenvalue weighted by atomic mass is 9.67. The minimum absolute atomic E-state index is 0.535. The second-order valence-corrected chi connectivity index (χ2v) is 17.0. The maximum absolute atomic E-state index is 2.55. The van der Waals surface area contributed by atoms with Crippen molar-refractivity contribution in [3.8, 4) is 33.4 Å². The van der Waals surface area contributed by atoms with E-state index in [2.05, 4.69) is 241 Å². The van der Waals surface area contributed by atoms with Gasteiger partial charge in [-0.3, -0.25) is 0 Å². The van der Waals surface area contributed by atoms with E-state index >= 15 is 0 Å². The Balaban J connectivity index is 1.20. The summed E-state index contributed by atoms with van der Waals surface area (Å²) in [6, 6.07) is 87.5. The highest BCUT2D eigenvalue weighted by Gasteiger charge is 2.46.